The van der Waals surface area contributed by atoms with Gasteiger partial charge in [-0.1, -0.05) is 37.3 Å². The van der Waals surface area contributed by atoms with Gasteiger partial charge >= 0.3 is 12.0 Å². The Bertz CT molecular complexity index is 546. The van der Waals surface area contributed by atoms with Crippen LogP contribution in [0.5, 0.6) is 0 Å². The summed E-state index contributed by atoms with van der Waals surface area (Å²) in [6.45, 7) is 2.46. The third kappa shape index (κ3) is 4.94. The van der Waals surface area contributed by atoms with Gasteiger partial charge in [0.2, 0.25) is 0 Å². The van der Waals surface area contributed by atoms with Crippen LogP contribution in [-0.4, -0.2) is 58.9 Å². The lowest BCUT2D eigenvalue weighted by Gasteiger charge is -2.42. The second-order valence-corrected chi connectivity index (χ2v) is 6.04. The van der Waals surface area contributed by atoms with Gasteiger partial charge in [0, 0.05) is 12.1 Å². The highest BCUT2D eigenvalue weighted by Gasteiger charge is 2.34. The van der Waals surface area contributed by atoms with Crippen molar-refractivity contribution in [1.29, 1.82) is 0 Å². The van der Waals surface area contributed by atoms with E-state index < -0.39 is 12.0 Å². The predicted molar refractivity (Wildman–Crippen MR) is 89.6 cm³/mol. The molecule has 0 saturated heterocycles. The van der Waals surface area contributed by atoms with Crippen molar-refractivity contribution in [3.63, 3.8) is 0 Å². The average molecular weight is 335 g/mol. The molecule has 1 aliphatic carbocycles. The smallest absolute Gasteiger partial charge is 0.317 e. The third-order valence-electron chi connectivity index (χ3n) is 4.40. The standard InChI is InChI=1S/C17H25N3O4/c1-2-20(10-16(22)23)14-8-13(9-14)18-17(24)19-15(11-21)12-6-4-3-5-7-12/h3-7,13-15,21H,2,8-11H2,1H3,(H,22,23)(H2,18,19,24)/t13?,14?,15-/m0/s1. The molecule has 1 aliphatic rings. The van der Waals surface area contributed by atoms with Crippen molar-refractivity contribution in [3.05, 3.63) is 35.9 Å². The van der Waals surface area contributed by atoms with E-state index in [9.17, 15) is 14.7 Å². The SMILES string of the molecule is CCN(CC(=O)O)C1CC(NC(=O)N[C@@H](CO)c2ccccc2)C1. The van der Waals surface area contributed by atoms with E-state index in [-0.39, 0.29) is 31.3 Å². The number of hydrogen-bond acceptors (Lipinski definition) is 4. The molecule has 0 bridgehead atoms. The Morgan fingerprint density at radius 3 is 2.50 bits per heavy atom. The third-order valence-corrected chi connectivity index (χ3v) is 4.40. The quantitative estimate of drug-likeness (QED) is 0.567. The molecule has 7 nitrogen and oxygen atoms in total. The second kappa shape index (κ2) is 8.65. The van der Waals surface area contributed by atoms with Crippen molar-refractivity contribution in [3.8, 4) is 0 Å². The first-order chi connectivity index (χ1) is 11.5. The van der Waals surface area contributed by atoms with E-state index in [1.54, 1.807) is 0 Å². The van der Waals surface area contributed by atoms with Gasteiger partial charge < -0.3 is 20.8 Å². The summed E-state index contributed by atoms with van der Waals surface area (Å²) in [7, 11) is 0. The fourth-order valence-corrected chi connectivity index (χ4v) is 2.98. The van der Waals surface area contributed by atoms with E-state index in [1.165, 1.54) is 0 Å². The van der Waals surface area contributed by atoms with Crippen molar-refractivity contribution in [2.75, 3.05) is 19.7 Å². The Kier molecular flexibility index (Phi) is 6.57. The zero-order chi connectivity index (χ0) is 17.5. The fraction of sp³-hybridized carbons (Fsp3) is 0.529. The number of aliphatic hydroxyl groups excluding tert-OH is 1. The molecule has 1 aromatic rings. The van der Waals surface area contributed by atoms with Crippen LogP contribution in [0.3, 0.4) is 0 Å². The number of nitrogens with one attached hydrogen (secondary N) is 2. The van der Waals surface area contributed by atoms with E-state index in [2.05, 4.69) is 10.6 Å². The maximum Gasteiger partial charge on any atom is 0.317 e. The van der Waals surface area contributed by atoms with Crippen LogP contribution < -0.4 is 10.6 Å². The van der Waals surface area contributed by atoms with Gasteiger partial charge in [0.1, 0.15) is 0 Å². The summed E-state index contributed by atoms with van der Waals surface area (Å²) in [5, 5.41) is 24.0. The summed E-state index contributed by atoms with van der Waals surface area (Å²) in [6.07, 6.45) is 1.48. The van der Waals surface area contributed by atoms with E-state index in [0.29, 0.717) is 6.54 Å². The molecule has 4 N–H and O–H groups in total. The number of nitrogens with zero attached hydrogens (tertiary/aromatic N) is 1. The molecular formula is C17H25N3O4. The first kappa shape index (κ1) is 18.2. The van der Waals surface area contributed by atoms with E-state index in [1.807, 2.05) is 42.2 Å². The topological polar surface area (TPSA) is 102 Å². The van der Waals surface area contributed by atoms with Crippen molar-refractivity contribution in [2.24, 2.45) is 0 Å². The summed E-state index contributed by atoms with van der Waals surface area (Å²) in [4.78, 5) is 24.8. The molecule has 0 heterocycles. The number of amides is 2. The zero-order valence-electron chi connectivity index (χ0n) is 13.8. The van der Waals surface area contributed by atoms with E-state index in [0.717, 1.165) is 18.4 Å². The van der Waals surface area contributed by atoms with E-state index >= 15 is 0 Å². The molecule has 2 amide bonds. The fourth-order valence-electron chi connectivity index (χ4n) is 2.98. The van der Waals surface area contributed by atoms with Gasteiger partial charge in [-0.2, -0.15) is 0 Å². The molecule has 132 valence electrons. The number of hydrogen-bond donors (Lipinski definition) is 4. The Morgan fingerprint density at radius 2 is 1.96 bits per heavy atom. The number of rotatable bonds is 8. The molecule has 0 radical (unpaired) electrons. The predicted octanol–water partition coefficient (Wildman–Crippen LogP) is 0.957. The van der Waals surface area contributed by atoms with Gasteiger partial charge in [0.15, 0.2) is 0 Å². The number of carbonyl (C=O) groups is 2. The lowest BCUT2D eigenvalue weighted by atomic mass is 9.85. The molecule has 1 aromatic carbocycles. The molecule has 1 atom stereocenters. The van der Waals surface area contributed by atoms with Crippen molar-refractivity contribution in [2.45, 2.75) is 37.9 Å². The highest BCUT2D eigenvalue weighted by molar-refractivity contribution is 5.75. The molecular weight excluding hydrogens is 310 g/mol. The molecule has 1 saturated carbocycles. The van der Waals surface area contributed by atoms with Crippen LogP contribution in [0.1, 0.15) is 31.4 Å². The number of aliphatic hydroxyl groups is 1. The first-order valence-corrected chi connectivity index (χ1v) is 8.22. The van der Waals surface area contributed by atoms with Crippen LogP contribution in [0.15, 0.2) is 30.3 Å². The van der Waals surface area contributed by atoms with Gasteiger partial charge in [-0.15, -0.1) is 0 Å². The highest BCUT2D eigenvalue weighted by Crippen LogP contribution is 2.25. The van der Waals surface area contributed by atoms with Gasteiger partial charge in [-0.25, -0.2) is 4.79 Å². The largest absolute Gasteiger partial charge is 0.480 e. The Balaban J connectivity index is 1.77. The number of carboxylic acid groups (broad SMARTS) is 1. The summed E-state index contributed by atoms with van der Waals surface area (Å²) < 4.78 is 0. The lowest BCUT2D eigenvalue weighted by Crippen LogP contribution is -2.56. The normalized spacial score (nSPS) is 21.0. The molecule has 0 aromatic heterocycles. The molecule has 24 heavy (non-hydrogen) atoms. The lowest BCUT2D eigenvalue weighted by molar-refractivity contribution is -0.139. The van der Waals surface area contributed by atoms with Crippen LogP contribution in [-0.2, 0) is 4.79 Å². The molecule has 2 rings (SSSR count). The van der Waals surface area contributed by atoms with Crippen LogP contribution in [0.25, 0.3) is 0 Å². The highest BCUT2D eigenvalue weighted by atomic mass is 16.4. The van der Waals surface area contributed by atoms with Gasteiger partial charge in [-0.05, 0) is 24.9 Å². The summed E-state index contributed by atoms with van der Waals surface area (Å²) in [5.41, 5.74) is 0.847. The van der Waals surface area contributed by atoms with Gasteiger partial charge in [0.05, 0.1) is 19.2 Å². The number of carbonyl (C=O) groups excluding carboxylic acids is 1. The van der Waals surface area contributed by atoms with Crippen molar-refractivity contribution in [1.82, 2.24) is 15.5 Å². The van der Waals surface area contributed by atoms with Gasteiger partial charge in [-0.3, -0.25) is 9.69 Å². The Hall–Kier alpha value is -2.12. The summed E-state index contributed by atoms with van der Waals surface area (Å²) in [6, 6.07) is 8.77. The monoisotopic (exact) mass is 335 g/mol. The van der Waals surface area contributed by atoms with E-state index in [4.69, 9.17) is 5.11 Å². The maximum atomic E-state index is 12.1. The molecule has 1 fully saturated rings. The number of benzene rings is 1. The van der Waals surface area contributed by atoms with Crippen LogP contribution >= 0.6 is 0 Å². The van der Waals surface area contributed by atoms with Crippen molar-refractivity contribution < 1.29 is 19.8 Å². The Labute approximate surface area is 141 Å². The first-order valence-electron chi connectivity index (χ1n) is 8.22. The molecule has 7 heteroatoms. The molecule has 0 aliphatic heterocycles. The minimum absolute atomic E-state index is 0.0284. The number of likely N-dealkylation sites (N-methyl/N-ethyl adjacent to an activating group) is 1. The minimum Gasteiger partial charge on any atom is -0.480 e. The number of aliphatic carboxylic acids is 1. The summed E-state index contributed by atoms with van der Waals surface area (Å²) in [5.74, 6) is -0.834. The van der Waals surface area contributed by atoms with Crippen molar-refractivity contribution >= 4 is 12.0 Å². The van der Waals surface area contributed by atoms with Crippen LogP contribution in [0.4, 0.5) is 4.79 Å². The summed E-state index contributed by atoms with van der Waals surface area (Å²) >= 11 is 0. The number of urea groups is 1. The molecule has 0 unspecified atom stereocenters. The molecule has 0 spiro atoms. The van der Waals surface area contributed by atoms with Crippen LogP contribution in [0, 0.1) is 0 Å². The minimum atomic E-state index is -0.834. The van der Waals surface area contributed by atoms with Gasteiger partial charge in [0.25, 0.3) is 0 Å². The number of carboxylic acids is 1. The Morgan fingerprint density at radius 1 is 1.29 bits per heavy atom. The zero-order valence-corrected chi connectivity index (χ0v) is 13.8. The second-order valence-electron chi connectivity index (χ2n) is 6.04. The van der Waals surface area contributed by atoms with Crippen LogP contribution in [0.2, 0.25) is 0 Å². The average Bonchev–Trinajstić information content (AvgIpc) is 2.54. The maximum absolute atomic E-state index is 12.1.